The fraction of sp³-hybridized carbons (Fsp3) is 0. The maximum Gasteiger partial charge on any atom is 0.270 e. The van der Waals surface area contributed by atoms with E-state index in [0.717, 1.165) is 10.9 Å². The van der Waals surface area contributed by atoms with Crippen LogP contribution in [-0.4, -0.2) is 24.5 Å². The SMILES string of the molecule is O=[N+]([O-])c1cccc(-c2nnc3c4ccccc4ncn23)c1. The largest absolute Gasteiger partial charge is 0.270 e. The highest BCUT2D eigenvalue weighted by molar-refractivity contribution is 5.91. The van der Waals surface area contributed by atoms with Crippen molar-refractivity contribution in [3.05, 3.63) is 65.0 Å². The van der Waals surface area contributed by atoms with Gasteiger partial charge in [-0.15, -0.1) is 10.2 Å². The molecule has 0 aliphatic carbocycles. The van der Waals surface area contributed by atoms with Crippen molar-refractivity contribution in [2.45, 2.75) is 0 Å². The third kappa shape index (κ3) is 1.80. The summed E-state index contributed by atoms with van der Waals surface area (Å²) in [7, 11) is 0. The molecule has 4 aromatic rings. The van der Waals surface area contributed by atoms with Crippen LogP contribution in [0.5, 0.6) is 0 Å². The van der Waals surface area contributed by atoms with Crippen molar-refractivity contribution in [2.24, 2.45) is 0 Å². The van der Waals surface area contributed by atoms with Gasteiger partial charge in [0.25, 0.3) is 5.69 Å². The van der Waals surface area contributed by atoms with E-state index in [1.807, 2.05) is 24.3 Å². The van der Waals surface area contributed by atoms with E-state index < -0.39 is 4.92 Å². The van der Waals surface area contributed by atoms with Crippen LogP contribution < -0.4 is 0 Å². The lowest BCUT2D eigenvalue weighted by Gasteiger charge is -2.02. The molecule has 2 aromatic heterocycles. The number of nitro groups is 1. The van der Waals surface area contributed by atoms with Gasteiger partial charge >= 0.3 is 0 Å². The molecule has 0 atom stereocenters. The van der Waals surface area contributed by atoms with Gasteiger partial charge in [0.1, 0.15) is 6.33 Å². The molecular weight excluding hydrogens is 282 g/mol. The Hall–Kier alpha value is -3.35. The van der Waals surface area contributed by atoms with Crippen molar-refractivity contribution < 1.29 is 4.92 Å². The van der Waals surface area contributed by atoms with Gasteiger partial charge in [-0.1, -0.05) is 24.3 Å². The highest BCUT2D eigenvalue weighted by Crippen LogP contribution is 2.25. The first-order chi connectivity index (χ1) is 10.7. The lowest BCUT2D eigenvalue weighted by molar-refractivity contribution is -0.384. The molecule has 0 aliphatic heterocycles. The highest BCUT2D eigenvalue weighted by Gasteiger charge is 2.14. The van der Waals surface area contributed by atoms with Gasteiger partial charge in [-0.2, -0.15) is 0 Å². The Morgan fingerprint density at radius 3 is 2.77 bits per heavy atom. The molecule has 0 bridgehead atoms. The van der Waals surface area contributed by atoms with Gasteiger partial charge < -0.3 is 0 Å². The number of para-hydroxylation sites is 1. The number of hydrogen-bond donors (Lipinski definition) is 0. The summed E-state index contributed by atoms with van der Waals surface area (Å²) in [5.74, 6) is 0.525. The summed E-state index contributed by atoms with van der Waals surface area (Å²) < 4.78 is 1.74. The quantitative estimate of drug-likeness (QED) is 0.418. The summed E-state index contributed by atoms with van der Waals surface area (Å²) in [5.41, 5.74) is 2.14. The number of rotatable bonds is 2. The second kappa shape index (κ2) is 4.59. The van der Waals surface area contributed by atoms with Crippen molar-refractivity contribution in [1.29, 1.82) is 0 Å². The van der Waals surface area contributed by atoms with E-state index in [4.69, 9.17) is 0 Å². The van der Waals surface area contributed by atoms with Gasteiger partial charge in [0.05, 0.1) is 10.4 Å². The summed E-state index contributed by atoms with van der Waals surface area (Å²) in [4.78, 5) is 14.9. The van der Waals surface area contributed by atoms with Gasteiger partial charge in [-0.25, -0.2) is 4.98 Å². The van der Waals surface area contributed by atoms with E-state index in [1.165, 1.54) is 12.1 Å². The maximum absolute atomic E-state index is 10.9. The monoisotopic (exact) mass is 291 g/mol. The van der Waals surface area contributed by atoms with Crippen LogP contribution in [0, 0.1) is 10.1 Å². The number of hydrogen-bond acceptors (Lipinski definition) is 5. The second-order valence-corrected chi connectivity index (χ2v) is 4.79. The highest BCUT2D eigenvalue weighted by atomic mass is 16.6. The molecule has 0 unspecified atom stereocenters. The van der Waals surface area contributed by atoms with Gasteiger partial charge in [-0.05, 0) is 12.1 Å². The van der Waals surface area contributed by atoms with E-state index in [2.05, 4.69) is 15.2 Å². The molecule has 2 heterocycles. The molecule has 2 aromatic carbocycles. The first kappa shape index (κ1) is 12.4. The molecule has 0 radical (unpaired) electrons. The topological polar surface area (TPSA) is 86.2 Å². The molecule has 7 heteroatoms. The first-order valence-electron chi connectivity index (χ1n) is 6.57. The maximum atomic E-state index is 10.9. The number of aromatic nitrogens is 4. The molecular formula is C15H9N5O2. The zero-order chi connectivity index (χ0) is 15.1. The summed E-state index contributed by atoms with van der Waals surface area (Å²) in [5, 5.41) is 20.2. The van der Waals surface area contributed by atoms with Crippen molar-refractivity contribution in [3.63, 3.8) is 0 Å². The van der Waals surface area contributed by atoms with Crippen molar-refractivity contribution in [3.8, 4) is 11.4 Å². The molecule has 0 N–H and O–H groups in total. The fourth-order valence-electron chi connectivity index (χ4n) is 2.44. The Morgan fingerprint density at radius 2 is 1.91 bits per heavy atom. The summed E-state index contributed by atoms with van der Waals surface area (Å²) >= 11 is 0. The smallest absolute Gasteiger partial charge is 0.265 e. The van der Waals surface area contributed by atoms with E-state index in [1.54, 1.807) is 22.9 Å². The number of nitro benzene ring substituents is 1. The predicted molar refractivity (Wildman–Crippen MR) is 80.4 cm³/mol. The minimum atomic E-state index is -0.430. The Labute approximate surface area is 124 Å². The van der Waals surface area contributed by atoms with Crippen LogP contribution in [0.15, 0.2) is 54.9 Å². The van der Waals surface area contributed by atoms with Crippen LogP contribution >= 0.6 is 0 Å². The van der Waals surface area contributed by atoms with Crippen molar-refractivity contribution >= 4 is 22.2 Å². The van der Waals surface area contributed by atoms with E-state index in [-0.39, 0.29) is 5.69 Å². The van der Waals surface area contributed by atoms with Gasteiger partial charge in [-0.3, -0.25) is 14.5 Å². The second-order valence-electron chi connectivity index (χ2n) is 4.79. The molecule has 0 saturated heterocycles. The lowest BCUT2D eigenvalue weighted by atomic mass is 10.2. The number of non-ortho nitro benzene ring substituents is 1. The molecule has 22 heavy (non-hydrogen) atoms. The third-order valence-electron chi connectivity index (χ3n) is 3.47. The Bertz CT molecular complexity index is 1020. The molecule has 0 aliphatic rings. The molecule has 0 fully saturated rings. The molecule has 0 saturated carbocycles. The number of fused-ring (bicyclic) bond motifs is 3. The first-order valence-corrected chi connectivity index (χ1v) is 6.57. The van der Waals surface area contributed by atoms with Crippen molar-refractivity contribution in [1.82, 2.24) is 19.6 Å². The normalized spacial score (nSPS) is 11.1. The molecule has 7 nitrogen and oxygen atoms in total. The van der Waals surface area contributed by atoms with Gasteiger partial charge in [0, 0.05) is 23.1 Å². The van der Waals surface area contributed by atoms with Crippen molar-refractivity contribution in [2.75, 3.05) is 0 Å². The van der Waals surface area contributed by atoms with Crippen LogP contribution in [0.4, 0.5) is 5.69 Å². The zero-order valence-electron chi connectivity index (χ0n) is 11.2. The Kier molecular flexibility index (Phi) is 2.59. The summed E-state index contributed by atoms with van der Waals surface area (Å²) in [6, 6.07) is 13.9. The van der Waals surface area contributed by atoms with Gasteiger partial charge in [0.2, 0.25) is 0 Å². The number of benzene rings is 2. The third-order valence-corrected chi connectivity index (χ3v) is 3.47. The van der Waals surface area contributed by atoms with Crippen LogP contribution in [0.3, 0.4) is 0 Å². The fourth-order valence-corrected chi connectivity index (χ4v) is 2.44. The van der Waals surface area contributed by atoms with Crippen LogP contribution in [0.1, 0.15) is 0 Å². The minimum absolute atomic E-state index is 0.0167. The van der Waals surface area contributed by atoms with E-state index in [0.29, 0.717) is 17.0 Å². The van der Waals surface area contributed by atoms with Crippen LogP contribution in [0.2, 0.25) is 0 Å². The minimum Gasteiger partial charge on any atom is -0.265 e. The molecule has 0 amide bonds. The average molecular weight is 291 g/mol. The van der Waals surface area contributed by atoms with E-state index in [9.17, 15) is 10.1 Å². The standard InChI is InChI=1S/C15H9N5O2/c21-20(22)11-5-3-4-10(8-11)14-17-18-15-12-6-1-2-7-13(12)16-9-19(14)15/h1-9H. The Morgan fingerprint density at radius 1 is 1.05 bits per heavy atom. The molecule has 4 rings (SSSR count). The van der Waals surface area contributed by atoms with Gasteiger partial charge in [0.15, 0.2) is 11.5 Å². The summed E-state index contributed by atoms with van der Waals surface area (Å²) in [6.07, 6.45) is 1.63. The number of nitrogens with zero attached hydrogens (tertiary/aromatic N) is 5. The molecule has 106 valence electrons. The Balaban J connectivity index is 1.98. The average Bonchev–Trinajstić information content (AvgIpc) is 2.99. The van der Waals surface area contributed by atoms with E-state index >= 15 is 0 Å². The predicted octanol–water partition coefficient (Wildman–Crippen LogP) is 2.85. The molecule has 0 spiro atoms. The van der Waals surface area contributed by atoms with Crippen LogP contribution in [0.25, 0.3) is 27.9 Å². The van der Waals surface area contributed by atoms with Crippen LogP contribution in [-0.2, 0) is 0 Å². The lowest BCUT2D eigenvalue weighted by Crippen LogP contribution is -1.94. The summed E-state index contributed by atoms with van der Waals surface area (Å²) in [6.45, 7) is 0. The zero-order valence-corrected chi connectivity index (χ0v) is 11.2.